The molecule has 0 aliphatic rings. The van der Waals surface area contributed by atoms with E-state index in [0.29, 0.717) is 23.9 Å². The van der Waals surface area contributed by atoms with Crippen LogP contribution in [0.1, 0.15) is 12.5 Å². The molecule has 1 heterocycles. The monoisotopic (exact) mass is 355 g/mol. The minimum Gasteiger partial charge on any atom is -0.289 e. The molecule has 0 fully saturated rings. The summed E-state index contributed by atoms with van der Waals surface area (Å²) in [5, 5.41) is 0.586. The van der Waals surface area contributed by atoms with Gasteiger partial charge in [0.25, 0.3) is 0 Å². The standard InChI is InChI=1S/C18H18ClN5O/c1-2-24-16(14-9-6-10-15(19)11-14)21-17(22-18(24)25)23-20-12-13-7-4-3-5-8-13/h3-11,20H,2,12H2,1H3,(H,22,23,25). The lowest BCUT2D eigenvalue weighted by molar-refractivity contribution is 0.679. The second-order valence-corrected chi connectivity index (χ2v) is 5.81. The maximum Gasteiger partial charge on any atom is 0.352 e. The number of aromatic nitrogens is 3. The Bertz CT molecular complexity index is 911. The number of benzene rings is 2. The van der Waals surface area contributed by atoms with Crippen molar-refractivity contribution < 1.29 is 0 Å². The molecular formula is C18H18ClN5O. The van der Waals surface area contributed by atoms with Gasteiger partial charge < -0.3 is 0 Å². The SMILES string of the molecule is CCn1c(-c2cccc(Cl)c2)nc(NNCc2ccccc2)nc1=O. The minimum absolute atomic E-state index is 0.223. The number of anilines is 1. The zero-order chi connectivity index (χ0) is 17.6. The van der Waals surface area contributed by atoms with Crippen molar-refractivity contribution in [3.8, 4) is 11.4 Å². The molecule has 2 N–H and O–H groups in total. The maximum absolute atomic E-state index is 12.3. The van der Waals surface area contributed by atoms with E-state index < -0.39 is 0 Å². The number of hydrogen-bond acceptors (Lipinski definition) is 5. The van der Waals surface area contributed by atoms with E-state index in [-0.39, 0.29) is 11.6 Å². The van der Waals surface area contributed by atoms with E-state index in [9.17, 15) is 4.79 Å². The Morgan fingerprint density at radius 3 is 2.60 bits per heavy atom. The van der Waals surface area contributed by atoms with Gasteiger partial charge >= 0.3 is 5.69 Å². The van der Waals surface area contributed by atoms with E-state index in [2.05, 4.69) is 20.8 Å². The molecule has 0 unspecified atom stereocenters. The van der Waals surface area contributed by atoms with Crippen LogP contribution in [0.4, 0.5) is 5.95 Å². The highest BCUT2D eigenvalue weighted by Crippen LogP contribution is 2.20. The topological polar surface area (TPSA) is 71.8 Å². The Balaban J connectivity index is 1.84. The number of hydrazine groups is 1. The normalized spacial score (nSPS) is 10.6. The van der Waals surface area contributed by atoms with Crippen LogP contribution in [-0.4, -0.2) is 14.5 Å². The van der Waals surface area contributed by atoms with E-state index in [1.807, 2.05) is 49.4 Å². The molecule has 0 aliphatic heterocycles. The second kappa shape index (κ2) is 7.92. The van der Waals surface area contributed by atoms with E-state index in [1.165, 1.54) is 4.57 Å². The van der Waals surface area contributed by atoms with Crippen LogP contribution in [0.25, 0.3) is 11.4 Å². The first-order chi connectivity index (χ1) is 12.2. The summed E-state index contributed by atoms with van der Waals surface area (Å²) in [6, 6.07) is 17.1. The van der Waals surface area contributed by atoms with E-state index in [0.717, 1.165) is 11.1 Å². The average molecular weight is 356 g/mol. The predicted octanol–water partition coefficient (Wildman–Crippen LogP) is 3.10. The highest BCUT2D eigenvalue weighted by Gasteiger charge is 2.11. The van der Waals surface area contributed by atoms with Crippen molar-refractivity contribution in [3.05, 3.63) is 75.7 Å². The molecule has 0 spiro atoms. The number of hydrogen-bond donors (Lipinski definition) is 2. The fourth-order valence-electron chi connectivity index (χ4n) is 2.44. The van der Waals surface area contributed by atoms with Gasteiger partial charge in [0.1, 0.15) is 5.82 Å². The van der Waals surface area contributed by atoms with Gasteiger partial charge in [-0.05, 0) is 24.6 Å². The van der Waals surface area contributed by atoms with Crippen molar-refractivity contribution in [2.75, 3.05) is 5.43 Å². The maximum atomic E-state index is 12.3. The summed E-state index contributed by atoms with van der Waals surface area (Å²) >= 11 is 6.06. The van der Waals surface area contributed by atoms with Crippen molar-refractivity contribution >= 4 is 17.5 Å². The number of rotatable bonds is 6. The largest absolute Gasteiger partial charge is 0.352 e. The van der Waals surface area contributed by atoms with Crippen molar-refractivity contribution in [1.29, 1.82) is 0 Å². The molecule has 0 amide bonds. The molecule has 128 valence electrons. The van der Waals surface area contributed by atoms with Crippen LogP contribution < -0.4 is 16.5 Å². The fraction of sp³-hybridized carbons (Fsp3) is 0.167. The minimum atomic E-state index is -0.364. The van der Waals surface area contributed by atoms with Crippen LogP contribution in [0.3, 0.4) is 0 Å². The molecule has 7 heteroatoms. The van der Waals surface area contributed by atoms with Crippen molar-refractivity contribution in [2.24, 2.45) is 0 Å². The van der Waals surface area contributed by atoms with Crippen LogP contribution in [0.5, 0.6) is 0 Å². The molecule has 0 saturated heterocycles. The number of nitrogens with zero attached hydrogens (tertiary/aromatic N) is 3. The van der Waals surface area contributed by atoms with Crippen molar-refractivity contribution in [3.63, 3.8) is 0 Å². The van der Waals surface area contributed by atoms with E-state index in [4.69, 9.17) is 11.6 Å². The zero-order valence-electron chi connectivity index (χ0n) is 13.7. The third-order valence-electron chi connectivity index (χ3n) is 3.63. The van der Waals surface area contributed by atoms with Crippen molar-refractivity contribution in [2.45, 2.75) is 20.0 Å². The van der Waals surface area contributed by atoms with Gasteiger partial charge in [0.15, 0.2) is 0 Å². The summed E-state index contributed by atoms with van der Waals surface area (Å²) < 4.78 is 1.51. The molecule has 25 heavy (non-hydrogen) atoms. The summed E-state index contributed by atoms with van der Waals surface area (Å²) in [7, 11) is 0. The molecule has 3 rings (SSSR count). The predicted molar refractivity (Wildman–Crippen MR) is 99.3 cm³/mol. The first-order valence-electron chi connectivity index (χ1n) is 7.95. The molecule has 2 aromatic carbocycles. The summed E-state index contributed by atoms with van der Waals surface area (Å²) in [6.45, 7) is 2.92. The third kappa shape index (κ3) is 4.23. The second-order valence-electron chi connectivity index (χ2n) is 5.37. The quantitative estimate of drug-likeness (QED) is 0.665. The van der Waals surface area contributed by atoms with Crippen LogP contribution in [0, 0.1) is 0 Å². The lowest BCUT2D eigenvalue weighted by atomic mass is 10.2. The number of halogens is 1. The summed E-state index contributed by atoms with van der Waals surface area (Å²) in [5.41, 5.74) is 7.42. The Labute approximate surface area is 150 Å². The Hall–Kier alpha value is -2.70. The van der Waals surface area contributed by atoms with Crippen LogP contribution in [-0.2, 0) is 13.1 Å². The molecule has 0 bridgehead atoms. The first kappa shape index (κ1) is 17.1. The van der Waals surface area contributed by atoms with Gasteiger partial charge in [-0.1, -0.05) is 54.1 Å². The molecule has 0 saturated carbocycles. The molecular weight excluding hydrogens is 338 g/mol. The van der Waals surface area contributed by atoms with Gasteiger partial charge in [0.05, 0.1) is 0 Å². The molecule has 0 radical (unpaired) electrons. The fourth-order valence-corrected chi connectivity index (χ4v) is 2.63. The van der Waals surface area contributed by atoms with Crippen LogP contribution >= 0.6 is 11.6 Å². The number of nitrogens with one attached hydrogen (secondary N) is 2. The van der Waals surface area contributed by atoms with E-state index >= 15 is 0 Å². The molecule has 3 aromatic rings. The van der Waals surface area contributed by atoms with Crippen molar-refractivity contribution in [1.82, 2.24) is 20.0 Å². The lowest BCUT2D eigenvalue weighted by Crippen LogP contribution is -2.30. The smallest absolute Gasteiger partial charge is 0.289 e. The molecule has 1 aromatic heterocycles. The van der Waals surface area contributed by atoms with Crippen LogP contribution in [0.2, 0.25) is 5.02 Å². The van der Waals surface area contributed by atoms with Gasteiger partial charge in [-0.2, -0.15) is 9.97 Å². The zero-order valence-corrected chi connectivity index (χ0v) is 14.5. The Morgan fingerprint density at radius 2 is 1.88 bits per heavy atom. The van der Waals surface area contributed by atoms with Gasteiger partial charge in [-0.3, -0.25) is 9.99 Å². The highest BCUT2D eigenvalue weighted by atomic mass is 35.5. The summed E-state index contributed by atoms with van der Waals surface area (Å²) in [5.74, 6) is 0.745. The first-order valence-corrected chi connectivity index (χ1v) is 8.33. The molecule has 0 atom stereocenters. The Morgan fingerprint density at radius 1 is 1.08 bits per heavy atom. The molecule has 0 aliphatic carbocycles. The molecule has 6 nitrogen and oxygen atoms in total. The van der Waals surface area contributed by atoms with Gasteiger partial charge in [0.2, 0.25) is 5.95 Å². The van der Waals surface area contributed by atoms with Gasteiger partial charge in [-0.15, -0.1) is 0 Å². The van der Waals surface area contributed by atoms with Gasteiger partial charge in [-0.25, -0.2) is 10.2 Å². The average Bonchev–Trinajstić information content (AvgIpc) is 2.62. The lowest BCUT2D eigenvalue weighted by Gasteiger charge is -2.12. The summed E-state index contributed by atoms with van der Waals surface area (Å²) in [6.07, 6.45) is 0. The summed E-state index contributed by atoms with van der Waals surface area (Å²) in [4.78, 5) is 20.7. The third-order valence-corrected chi connectivity index (χ3v) is 3.87. The Kier molecular flexibility index (Phi) is 5.42. The highest BCUT2D eigenvalue weighted by molar-refractivity contribution is 6.30. The van der Waals surface area contributed by atoms with E-state index in [1.54, 1.807) is 12.1 Å². The van der Waals surface area contributed by atoms with Crippen LogP contribution in [0.15, 0.2) is 59.4 Å². The van der Waals surface area contributed by atoms with Gasteiger partial charge in [0, 0.05) is 23.7 Å².